The van der Waals surface area contributed by atoms with E-state index < -0.39 is 0 Å². The summed E-state index contributed by atoms with van der Waals surface area (Å²) in [6.45, 7) is 0. The van der Waals surface area contributed by atoms with Crippen LogP contribution in [0.4, 0.5) is 5.82 Å². The van der Waals surface area contributed by atoms with Crippen LogP contribution in [0.1, 0.15) is 37.2 Å². The van der Waals surface area contributed by atoms with E-state index in [4.69, 9.17) is 0 Å². The third kappa shape index (κ3) is 2.88. The summed E-state index contributed by atoms with van der Waals surface area (Å²) in [5.41, 5.74) is 3.80. The summed E-state index contributed by atoms with van der Waals surface area (Å²) >= 11 is 0. The van der Waals surface area contributed by atoms with Gasteiger partial charge < -0.3 is 5.32 Å². The van der Waals surface area contributed by atoms with Crippen LogP contribution in [0.5, 0.6) is 0 Å². The number of anilines is 1. The molecule has 4 nitrogen and oxygen atoms in total. The quantitative estimate of drug-likeness (QED) is 0.765. The Kier molecular flexibility index (Phi) is 3.30. The standard InChI is InChI=1S/C21H19N3O/c25-21(14-3-4-14)24-20-10-15-5-6-16(9-17(15)11-23-20)19-12-22-8-7-18(19)13-1-2-13/h5-14H,1-4H2,(H,23,24,25). The SMILES string of the molecule is O=C(Nc1cc2ccc(-c3cnccc3C3CC3)cc2cn1)C1CC1. The van der Waals surface area contributed by atoms with Crippen molar-refractivity contribution in [3.63, 3.8) is 0 Å². The fourth-order valence-electron chi connectivity index (χ4n) is 3.35. The second kappa shape index (κ2) is 5.66. The molecule has 1 amide bonds. The Morgan fingerprint density at radius 1 is 1.00 bits per heavy atom. The van der Waals surface area contributed by atoms with E-state index in [9.17, 15) is 4.79 Å². The summed E-state index contributed by atoms with van der Waals surface area (Å²) in [5, 5.41) is 5.08. The van der Waals surface area contributed by atoms with Gasteiger partial charge in [0.1, 0.15) is 5.82 Å². The van der Waals surface area contributed by atoms with E-state index in [1.54, 1.807) is 0 Å². The number of amides is 1. The van der Waals surface area contributed by atoms with Gasteiger partial charge in [-0.05, 0) is 66.3 Å². The van der Waals surface area contributed by atoms with Crippen molar-refractivity contribution < 1.29 is 4.79 Å². The third-order valence-electron chi connectivity index (χ3n) is 5.10. The lowest BCUT2D eigenvalue weighted by molar-refractivity contribution is -0.117. The number of carbonyl (C=O) groups is 1. The third-order valence-corrected chi connectivity index (χ3v) is 5.10. The lowest BCUT2D eigenvalue weighted by Crippen LogP contribution is -2.14. The van der Waals surface area contributed by atoms with E-state index in [1.165, 1.54) is 29.5 Å². The topological polar surface area (TPSA) is 54.9 Å². The minimum atomic E-state index is 0.0907. The van der Waals surface area contributed by atoms with Crippen LogP contribution in [-0.4, -0.2) is 15.9 Å². The lowest BCUT2D eigenvalue weighted by Gasteiger charge is -2.10. The maximum Gasteiger partial charge on any atom is 0.228 e. The highest BCUT2D eigenvalue weighted by molar-refractivity contribution is 5.96. The molecule has 4 heteroatoms. The van der Waals surface area contributed by atoms with Crippen LogP contribution in [0.25, 0.3) is 21.9 Å². The van der Waals surface area contributed by atoms with Crippen molar-refractivity contribution in [1.29, 1.82) is 0 Å². The van der Waals surface area contributed by atoms with Gasteiger partial charge in [-0.3, -0.25) is 9.78 Å². The molecule has 3 aromatic rings. The van der Waals surface area contributed by atoms with Crippen LogP contribution >= 0.6 is 0 Å². The van der Waals surface area contributed by atoms with Gasteiger partial charge in [-0.1, -0.05) is 12.1 Å². The Bertz CT molecular complexity index is 974. The summed E-state index contributed by atoms with van der Waals surface area (Å²) in [5.74, 6) is 1.60. The molecule has 2 heterocycles. The molecule has 2 saturated carbocycles. The van der Waals surface area contributed by atoms with Crippen LogP contribution in [0.2, 0.25) is 0 Å². The Morgan fingerprint density at radius 3 is 2.68 bits per heavy atom. The van der Waals surface area contributed by atoms with E-state index >= 15 is 0 Å². The fraction of sp³-hybridized carbons (Fsp3) is 0.286. The maximum atomic E-state index is 11.9. The molecular weight excluding hydrogens is 310 g/mol. The number of nitrogens with one attached hydrogen (secondary N) is 1. The molecule has 2 aromatic heterocycles. The Hall–Kier alpha value is -2.75. The molecule has 2 aliphatic rings. The second-order valence-electron chi connectivity index (χ2n) is 7.13. The molecule has 2 aliphatic carbocycles. The number of rotatable bonds is 4. The largest absolute Gasteiger partial charge is 0.310 e. The molecule has 0 spiro atoms. The molecule has 0 saturated heterocycles. The summed E-state index contributed by atoms with van der Waals surface area (Å²) in [4.78, 5) is 20.6. The number of carbonyl (C=O) groups excluding carboxylic acids is 1. The van der Waals surface area contributed by atoms with Crippen LogP contribution < -0.4 is 5.32 Å². The van der Waals surface area contributed by atoms with Gasteiger partial charge in [0.25, 0.3) is 0 Å². The van der Waals surface area contributed by atoms with Crippen molar-refractivity contribution in [2.24, 2.45) is 5.92 Å². The zero-order chi connectivity index (χ0) is 16.8. The summed E-state index contributed by atoms with van der Waals surface area (Å²) in [6.07, 6.45) is 10.2. The van der Waals surface area contributed by atoms with Crippen LogP contribution in [0, 0.1) is 5.92 Å². The van der Waals surface area contributed by atoms with Crippen molar-refractivity contribution in [2.45, 2.75) is 31.6 Å². The molecule has 25 heavy (non-hydrogen) atoms. The number of nitrogens with zero attached hydrogens (tertiary/aromatic N) is 2. The van der Waals surface area contributed by atoms with Crippen molar-refractivity contribution in [3.05, 3.63) is 54.5 Å². The molecule has 1 aromatic carbocycles. The van der Waals surface area contributed by atoms with Crippen molar-refractivity contribution in [2.75, 3.05) is 5.32 Å². The Labute approximate surface area is 146 Å². The molecule has 0 bridgehead atoms. The van der Waals surface area contributed by atoms with E-state index in [1.807, 2.05) is 24.7 Å². The lowest BCUT2D eigenvalue weighted by atomic mass is 9.97. The Balaban J connectivity index is 1.49. The number of fused-ring (bicyclic) bond motifs is 1. The minimum Gasteiger partial charge on any atom is -0.310 e. The highest BCUT2D eigenvalue weighted by Gasteiger charge is 2.30. The number of hydrogen-bond donors (Lipinski definition) is 1. The fourth-order valence-corrected chi connectivity index (χ4v) is 3.35. The van der Waals surface area contributed by atoms with Gasteiger partial charge >= 0.3 is 0 Å². The smallest absolute Gasteiger partial charge is 0.228 e. The van der Waals surface area contributed by atoms with Crippen molar-refractivity contribution >= 4 is 22.5 Å². The molecule has 5 rings (SSSR count). The van der Waals surface area contributed by atoms with Gasteiger partial charge in [-0.25, -0.2) is 4.98 Å². The highest BCUT2D eigenvalue weighted by Crippen LogP contribution is 2.44. The predicted molar refractivity (Wildman–Crippen MR) is 98.3 cm³/mol. The molecule has 0 unspecified atom stereocenters. The number of benzene rings is 1. The summed E-state index contributed by atoms with van der Waals surface area (Å²) in [7, 11) is 0. The Morgan fingerprint density at radius 2 is 1.88 bits per heavy atom. The number of hydrogen-bond acceptors (Lipinski definition) is 3. The normalized spacial score (nSPS) is 16.8. The van der Waals surface area contributed by atoms with Crippen LogP contribution in [-0.2, 0) is 4.79 Å². The average Bonchev–Trinajstić information content (AvgIpc) is 3.54. The molecule has 0 radical (unpaired) electrons. The average molecular weight is 329 g/mol. The van der Waals surface area contributed by atoms with Gasteiger partial charge in [0.2, 0.25) is 5.91 Å². The first-order valence-corrected chi connectivity index (χ1v) is 8.93. The molecule has 0 atom stereocenters. The van der Waals surface area contributed by atoms with Gasteiger partial charge in [0, 0.05) is 35.5 Å². The van der Waals surface area contributed by atoms with Gasteiger partial charge in [0.05, 0.1) is 0 Å². The van der Waals surface area contributed by atoms with E-state index in [2.05, 4.69) is 39.6 Å². The van der Waals surface area contributed by atoms with E-state index in [0.717, 1.165) is 23.6 Å². The van der Waals surface area contributed by atoms with Crippen LogP contribution in [0.15, 0.2) is 48.9 Å². The first kappa shape index (κ1) is 14.6. The van der Waals surface area contributed by atoms with Gasteiger partial charge in [-0.2, -0.15) is 0 Å². The van der Waals surface area contributed by atoms with Crippen LogP contribution in [0.3, 0.4) is 0 Å². The molecule has 0 aliphatic heterocycles. The second-order valence-corrected chi connectivity index (χ2v) is 7.13. The van der Waals surface area contributed by atoms with E-state index in [0.29, 0.717) is 11.7 Å². The minimum absolute atomic E-state index is 0.0907. The first-order chi connectivity index (χ1) is 12.3. The zero-order valence-corrected chi connectivity index (χ0v) is 13.9. The molecule has 124 valence electrons. The van der Waals surface area contributed by atoms with Gasteiger partial charge in [0.15, 0.2) is 0 Å². The highest BCUT2D eigenvalue weighted by atomic mass is 16.2. The van der Waals surface area contributed by atoms with Crippen molar-refractivity contribution in [1.82, 2.24) is 9.97 Å². The first-order valence-electron chi connectivity index (χ1n) is 8.93. The predicted octanol–water partition coefficient (Wildman–Crippen LogP) is 4.52. The van der Waals surface area contributed by atoms with Gasteiger partial charge in [-0.15, -0.1) is 0 Å². The maximum absolute atomic E-state index is 11.9. The molecule has 1 N–H and O–H groups in total. The monoisotopic (exact) mass is 329 g/mol. The summed E-state index contributed by atoms with van der Waals surface area (Å²) < 4.78 is 0. The van der Waals surface area contributed by atoms with E-state index in [-0.39, 0.29) is 11.8 Å². The molecule has 2 fully saturated rings. The number of aromatic nitrogens is 2. The zero-order valence-electron chi connectivity index (χ0n) is 13.9. The summed E-state index contributed by atoms with van der Waals surface area (Å²) in [6, 6.07) is 10.5. The van der Waals surface area contributed by atoms with Crippen molar-refractivity contribution in [3.8, 4) is 11.1 Å². The molecular formula is C21H19N3O. The number of pyridine rings is 2.